The molecule has 1 aromatic heterocycles. The molecule has 1 fully saturated rings. The number of likely N-dealkylation sites (tertiary alicyclic amines) is 1. The lowest BCUT2D eigenvalue weighted by molar-refractivity contribution is 0.148. The average molecular weight is 466 g/mol. The largest absolute Gasteiger partial charge is 0.493 e. The number of piperidine rings is 1. The van der Waals surface area contributed by atoms with E-state index >= 15 is 0 Å². The van der Waals surface area contributed by atoms with Gasteiger partial charge in [0.2, 0.25) is 0 Å². The number of methoxy groups -OCH3 is 1. The van der Waals surface area contributed by atoms with E-state index in [0.717, 1.165) is 40.8 Å². The third kappa shape index (κ3) is 5.51. The summed E-state index contributed by atoms with van der Waals surface area (Å²) in [5.41, 5.74) is 4.01. The van der Waals surface area contributed by atoms with Gasteiger partial charge in [-0.05, 0) is 69.7 Å². The standard InChI is InChI=1S/C25H31N5O2S/c1-16-7-5-8-17(2)23(16)28-25(33)29-24-19-11-21(31-4)22(12-20(19)26-15-27-24)32-14-18-9-6-10-30(3)13-18/h5,7-8,11-12,15,18H,6,9-10,13-14H2,1-4H3,(H2,26,27,28,29,33). The van der Waals surface area contributed by atoms with Gasteiger partial charge >= 0.3 is 0 Å². The molecule has 1 aliphatic heterocycles. The predicted octanol–water partition coefficient (Wildman–Crippen LogP) is 4.78. The number of aryl methyl sites for hydroxylation is 2. The molecule has 0 spiro atoms. The van der Waals surface area contributed by atoms with Crippen molar-refractivity contribution in [1.29, 1.82) is 0 Å². The summed E-state index contributed by atoms with van der Waals surface area (Å²) >= 11 is 5.57. The van der Waals surface area contributed by atoms with Crippen LogP contribution in [-0.4, -0.2) is 53.8 Å². The minimum atomic E-state index is 0.466. The number of hydrogen-bond acceptors (Lipinski definition) is 6. The van der Waals surface area contributed by atoms with Crippen molar-refractivity contribution in [3.8, 4) is 11.5 Å². The van der Waals surface area contributed by atoms with E-state index in [-0.39, 0.29) is 0 Å². The molecule has 1 unspecified atom stereocenters. The van der Waals surface area contributed by atoms with Crippen LogP contribution in [0.25, 0.3) is 10.9 Å². The van der Waals surface area contributed by atoms with Crippen molar-refractivity contribution in [2.24, 2.45) is 5.92 Å². The zero-order valence-corrected chi connectivity index (χ0v) is 20.5. The first-order valence-corrected chi connectivity index (χ1v) is 11.6. The highest BCUT2D eigenvalue weighted by atomic mass is 32.1. The molecule has 7 nitrogen and oxygen atoms in total. The highest BCUT2D eigenvalue weighted by Gasteiger charge is 2.19. The van der Waals surface area contributed by atoms with Crippen LogP contribution in [-0.2, 0) is 0 Å². The molecule has 2 aromatic carbocycles. The second-order valence-corrected chi connectivity index (χ2v) is 9.08. The third-order valence-electron chi connectivity index (χ3n) is 6.07. The second-order valence-electron chi connectivity index (χ2n) is 8.67. The van der Waals surface area contributed by atoms with Gasteiger partial charge in [-0.1, -0.05) is 18.2 Å². The maximum atomic E-state index is 6.18. The maximum absolute atomic E-state index is 6.18. The van der Waals surface area contributed by atoms with Gasteiger partial charge in [-0.15, -0.1) is 0 Å². The Hall–Kier alpha value is -2.97. The summed E-state index contributed by atoms with van der Waals surface area (Å²) in [6.45, 7) is 6.97. The number of benzene rings is 2. The van der Waals surface area contributed by atoms with Crippen molar-refractivity contribution >= 4 is 39.7 Å². The molecule has 0 radical (unpaired) electrons. The van der Waals surface area contributed by atoms with Crippen molar-refractivity contribution in [2.75, 3.05) is 44.5 Å². The maximum Gasteiger partial charge on any atom is 0.176 e. The van der Waals surface area contributed by atoms with Crippen LogP contribution in [0.1, 0.15) is 24.0 Å². The normalized spacial score (nSPS) is 16.4. The Morgan fingerprint density at radius 3 is 2.67 bits per heavy atom. The Morgan fingerprint density at radius 2 is 1.94 bits per heavy atom. The summed E-state index contributed by atoms with van der Waals surface area (Å²) in [4.78, 5) is 11.2. The Labute approximate surface area is 200 Å². The molecule has 174 valence electrons. The number of nitrogens with one attached hydrogen (secondary N) is 2. The van der Waals surface area contributed by atoms with Gasteiger partial charge in [0.1, 0.15) is 12.1 Å². The minimum Gasteiger partial charge on any atom is -0.493 e. The minimum absolute atomic E-state index is 0.466. The monoisotopic (exact) mass is 465 g/mol. The number of aromatic nitrogens is 2. The molecule has 2 heterocycles. The van der Waals surface area contributed by atoms with Crippen LogP contribution in [0, 0.1) is 19.8 Å². The summed E-state index contributed by atoms with van der Waals surface area (Å²) < 4.78 is 11.8. The fourth-order valence-corrected chi connectivity index (χ4v) is 4.52. The molecule has 1 saturated heterocycles. The van der Waals surface area contributed by atoms with E-state index in [1.807, 2.05) is 18.2 Å². The van der Waals surface area contributed by atoms with E-state index in [0.29, 0.717) is 35.0 Å². The molecule has 0 bridgehead atoms. The molecular weight excluding hydrogens is 434 g/mol. The van der Waals surface area contributed by atoms with Crippen LogP contribution in [0.2, 0.25) is 0 Å². The lowest BCUT2D eigenvalue weighted by Gasteiger charge is -2.29. The van der Waals surface area contributed by atoms with E-state index in [1.165, 1.54) is 19.2 Å². The number of fused-ring (bicyclic) bond motifs is 1. The van der Waals surface area contributed by atoms with Gasteiger partial charge in [0.15, 0.2) is 16.6 Å². The molecule has 8 heteroatoms. The van der Waals surface area contributed by atoms with Crippen molar-refractivity contribution < 1.29 is 9.47 Å². The van der Waals surface area contributed by atoms with Gasteiger partial charge in [0.05, 0.1) is 19.2 Å². The summed E-state index contributed by atoms with van der Waals surface area (Å²) in [6, 6.07) is 9.95. The fraction of sp³-hybridized carbons (Fsp3) is 0.400. The van der Waals surface area contributed by atoms with E-state index in [2.05, 4.69) is 58.5 Å². The fourth-order valence-electron chi connectivity index (χ4n) is 4.32. The average Bonchev–Trinajstić information content (AvgIpc) is 2.80. The van der Waals surface area contributed by atoms with Crippen LogP contribution in [0.3, 0.4) is 0 Å². The third-order valence-corrected chi connectivity index (χ3v) is 6.27. The molecule has 1 atom stereocenters. The number of nitrogens with zero attached hydrogens (tertiary/aromatic N) is 3. The number of anilines is 2. The smallest absolute Gasteiger partial charge is 0.176 e. The summed E-state index contributed by atoms with van der Waals surface area (Å²) in [5, 5.41) is 7.78. The zero-order valence-electron chi connectivity index (χ0n) is 19.6. The van der Waals surface area contributed by atoms with Crippen LogP contribution in [0.4, 0.5) is 11.5 Å². The molecule has 0 amide bonds. The summed E-state index contributed by atoms with van der Waals surface area (Å²) in [7, 11) is 3.81. The van der Waals surface area contributed by atoms with E-state index in [1.54, 1.807) is 7.11 Å². The summed E-state index contributed by atoms with van der Waals surface area (Å²) in [6.07, 6.45) is 3.91. The van der Waals surface area contributed by atoms with E-state index < -0.39 is 0 Å². The first-order valence-electron chi connectivity index (χ1n) is 11.2. The lowest BCUT2D eigenvalue weighted by atomic mass is 9.99. The Balaban J connectivity index is 1.53. The van der Waals surface area contributed by atoms with Crippen LogP contribution < -0.4 is 20.1 Å². The topological polar surface area (TPSA) is 71.5 Å². The van der Waals surface area contributed by atoms with Gasteiger partial charge in [0, 0.05) is 29.6 Å². The lowest BCUT2D eigenvalue weighted by Crippen LogP contribution is -2.34. The predicted molar refractivity (Wildman–Crippen MR) is 138 cm³/mol. The van der Waals surface area contributed by atoms with Gasteiger partial charge < -0.3 is 25.0 Å². The number of ether oxygens (including phenoxy) is 2. The Bertz CT molecular complexity index is 1130. The molecule has 2 N–H and O–H groups in total. The van der Waals surface area contributed by atoms with Gasteiger partial charge in [-0.3, -0.25) is 0 Å². The first-order chi connectivity index (χ1) is 15.9. The molecule has 0 aliphatic carbocycles. The highest BCUT2D eigenvalue weighted by molar-refractivity contribution is 7.80. The highest BCUT2D eigenvalue weighted by Crippen LogP contribution is 2.34. The van der Waals surface area contributed by atoms with E-state index in [9.17, 15) is 0 Å². The second kappa shape index (κ2) is 10.3. The van der Waals surface area contributed by atoms with Crippen molar-refractivity contribution in [3.05, 3.63) is 47.8 Å². The van der Waals surface area contributed by atoms with Gasteiger partial charge in [-0.25, -0.2) is 9.97 Å². The number of para-hydroxylation sites is 1. The van der Waals surface area contributed by atoms with Crippen LogP contribution in [0.5, 0.6) is 11.5 Å². The van der Waals surface area contributed by atoms with Gasteiger partial charge in [-0.2, -0.15) is 0 Å². The van der Waals surface area contributed by atoms with E-state index in [4.69, 9.17) is 21.7 Å². The number of thiocarbonyl (C=S) groups is 1. The first kappa shape index (κ1) is 23.2. The van der Waals surface area contributed by atoms with Crippen molar-refractivity contribution in [1.82, 2.24) is 14.9 Å². The van der Waals surface area contributed by atoms with Crippen LogP contribution >= 0.6 is 12.2 Å². The molecule has 33 heavy (non-hydrogen) atoms. The summed E-state index contributed by atoms with van der Waals surface area (Å²) in [5.74, 6) is 2.47. The molecular formula is C25H31N5O2S. The quantitative estimate of drug-likeness (QED) is 0.504. The SMILES string of the molecule is COc1cc2c(NC(=S)Nc3c(C)cccc3C)ncnc2cc1OCC1CCCN(C)C1. The molecule has 3 aromatic rings. The van der Waals surface area contributed by atoms with Crippen molar-refractivity contribution in [2.45, 2.75) is 26.7 Å². The van der Waals surface area contributed by atoms with Crippen molar-refractivity contribution in [3.63, 3.8) is 0 Å². The number of rotatable bonds is 6. The Kier molecular flexibility index (Phi) is 7.25. The molecule has 4 rings (SSSR count). The van der Waals surface area contributed by atoms with Gasteiger partial charge in [0.25, 0.3) is 0 Å². The Morgan fingerprint density at radius 1 is 1.15 bits per heavy atom. The van der Waals surface area contributed by atoms with Crippen LogP contribution in [0.15, 0.2) is 36.7 Å². The number of hydrogen-bond donors (Lipinski definition) is 2. The molecule has 1 aliphatic rings. The molecule has 0 saturated carbocycles. The zero-order chi connectivity index (χ0) is 23.4.